The van der Waals surface area contributed by atoms with Crippen molar-refractivity contribution in [3.63, 3.8) is 0 Å². The van der Waals surface area contributed by atoms with Crippen molar-refractivity contribution >= 4 is 23.3 Å². The van der Waals surface area contributed by atoms with Gasteiger partial charge >= 0.3 is 0 Å². The van der Waals surface area contributed by atoms with Gasteiger partial charge in [0.25, 0.3) is 5.91 Å². The summed E-state index contributed by atoms with van der Waals surface area (Å²) in [6, 6.07) is 5.09. The molecule has 1 aliphatic heterocycles. The highest BCUT2D eigenvalue weighted by Crippen LogP contribution is 2.58. The average Bonchev–Trinajstić information content (AvgIpc) is 3.74. The Morgan fingerprint density at radius 1 is 1.06 bits per heavy atom. The third kappa shape index (κ3) is 4.28. The molecule has 2 aromatic rings. The van der Waals surface area contributed by atoms with Gasteiger partial charge in [0, 0.05) is 25.3 Å². The highest BCUT2D eigenvalue weighted by atomic mass is 16.2. The van der Waals surface area contributed by atoms with Crippen LogP contribution in [-0.4, -0.2) is 44.7 Å². The molecule has 0 bridgehead atoms. The van der Waals surface area contributed by atoms with Crippen LogP contribution in [0.25, 0.3) is 0 Å². The zero-order chi connectivity index (χ0) is 24.9. The first-order valence-corrected chi connectivity index (χ1v) is 13.7. The summed E-state index contributed by atoms with van der Waals surface area (Å²) in [6.45, 7) is 3.33. The van der Waals surface area contributed by atoms with Crippen molar-refractivity contribution < 1.29 is 9.59 Å². The lowest BCUT2D eigenvalue weighted by Gasteiger charge is -2.42. The van der Waals surface area contributed by atoms with Gasteiger partial charge in [-0.15, -0.1) is 0 Å². The molecule has 3 saturated carbocycles. The molecule has 2 amide bonds. The first-order valence-electron chi connectivity index (χ1n) is 13.7. The second-order valence-corrected chi connectivity index (χ2v) is 11.9. The molecule has 192 valence electrons. The lowest BCUT2D eigenvalue weighted by molar-refractivity contribution is -0.121. The molecule has 6 rings (SSSR count). The number of piperidine rings is 1. The van der Waals surface area contributed by atoms with Crippen LogP contribution in [0.4, 0.5) is 11.5 Å². The molecule has 4 aliphatic rings. The molecule has 36 heavy (non-hydrogen) atoms. The van der Waals surface area contributed by atoms with Gasteiger partial charge in [-0.05, 0) is 80.4 Å². The number of hydrogen-bond acceptors (Lipinski definition) is 5. The normalized spacial score (nSPS) is 23.4. The summed E-state index contributed by atoms with van der Waals surface area (Å²) in [4.78, 5) is 34.2. The zero-order valence-electron chi connectivity index (χ0n) is 21.5. The van der Waals surface area contributed by atoms with Gasteiger partial charge in [0.15, 0.2) is 0 Å². The third-order valence-corrected chi connectivity index (χ3v) is 9.45. The smallest absolute Gasteiger partial charge is 0.270 e. The Morgan fingerprint density at radius 3 is 2.44 bits per heavy atom. The van der Waals surface area contributed by atoms with Crippen molar-refractivity contribution in [2.24, 2.45) is 24.3 Å². The maximum Gasteiger partial charge on any atom is 0.270 e. The first kappa shape index (κ1) is 23.5. The average molecular weight is 491 g/mol. The van der Waals surface area contributed by atoms with E-state index in [1.54, 1.807) is 30.2 Å². The Balaban J connectivity index is 1.21. The van der Waals surface area contributed by atoms with Crippen molar-refractivity contribution in [3.8, 4) is 0 Å². The molecular formula is C28H38N6O2. The van der Waals surface area contributed by atoms with Crippen molar-refractivity contribution in [2.75, 3.05) is 16.8 Å². The Hall–Kier alpha value is -2.90. The Morgan fingerprint density at radius 2 is 1.86 bits per heavy atom. The highest BCUT2D eigenvalue weighted by Gasteiger charge is 2.54. The van der Waals surface area contributed by atoms with Crippen molar-refractivity contribution in [2.45, 2.75) is 82.7 Å². The van der Waals surface area contributed by atoms with Gasteiger partial charge in [-0.1, -0.05) is 26.2 Å². The maximum absolute atomic E-state index is 13.8. The van der Waals surface area contributed by atoms with Crippen LogP contribution in [0.5, 0.6) is 0 Å². The molecular weight excluding hydrogens is 452 g/mol. The molecule has 4 fully saturated rings. The Kier molecular flexibility index (Phi) is 5.80. The number of amides is 2. The van der Waals surface area contributed by atoms with Gasteiger partial charge in [0.1, 0.15) is 17.6 Å². The van der Waals surface area contributed by atoms with Gasteiger partial charge in [0.05, 0.1) is 11.9 Å². The van der Waals surface area contributed by atoms with E-state index in [9.17, 15) is 9.59 Å². The van der Waals surface area contributed by atoms with Crippen molar-refractivity contribution in [3.05, 3.63) is 36.3 Å². The fourth-order valence-corrected chi connectivity index (χ4v) is 6.66. The molecule has 2 N–H and O–H groups in total. The number of pyridine rings is 1. The minimum absolute atomic E-state index is 0.0990. The van der Waals surface area contributed by atoms with Gasteiger partial charge in [-0.25, -0.2) is 4.98 Å². The van der Waals surface area contributed by atoms with E-state index in [1.165, 1.54) is 38.5 Å². The summed E-state index contributed by atoms with van der Waals surface area (Å²) >= 11 is 0. The SMILES string of the molecule is Cn1nccc1C(=O)N[C@H](C(=O)Nc1ccc(N2CCCCC23CC3)nc1)C(C1CCC1)C1(C)CC1. The topological polar surface area (TPSA) is 92.1 Å². The number of anilines is 2. The fraction of sp³-hybridized carbons (Fsp3) is 0.643. The summed E-state index contributed by atoms with van der Waals surface area (Å²) in [5.41, 5.74) is 1.57. The van der Waals surface area contributed by atoms with Gasteiger partial charge in [-0.3, -0.25) is 14.3 Å². The summed E-state index contributed by atoms with van der Waals surface area (Å²) in [5.74, 6) is 1.19. The maximum atomic E-state index is 13.8. The van der Waals surface area contributed by atoms with E-state index in [0.717, 1.165) is 38.0 Å². The zero-order valence-corrected chi connectivity index (χ0v) is 21.5. The summed E-state index contributed by atoms with van der Waals surface area (Å²) in [6.07, 6.45) is 15.3. The minimum atomic E-state index is -0.596. The van der Waals surface area contributed by atoms with Crippen LogP contribution >= 0.6 is 0 Å². The van der Waals surface area contributed by atoms with Crippen LogP contribution in [0, 0.1) is 17.3 Å². The predicted molar refractivity (Wildman–Crippen MR) is 139 cm³/mol. The number of aryl methyl sites for hydroxylation is 1. The van der Waals surface area contributed by atoms with Gasteiger partial charge < -0.3 is 15.5 Å². The molecule has 2 aromatic heterocycles. The van der Waals surface area contributed by atoms with Crippen LogP contribution < -0.4 is 15.5 Å². The monoisotopic (exact) mass is 490 g/mol. The van der Waals surface area contributed by atoms with E-state index in [2.05, 4.69) is 27.6 Å². The lowest BCUT2D eigenvalue weighted by atomic mass is 9.66. The molecule has 3 aliphatic carbocycles. The quantitative estimate of drug-likeness (QED) is 0.576. The number of aromatic nitrogens is 3. The number of carbonyl (C=O) groups excluding carboxylic acids is 2. The van der Waals surface area contributed by atoms with Gasteiger partial charge in [0.2, 0.25) is 5.91 Å². The van der Waals surface area contributed by atoms with E-state index < -0.39 is 6.04 Å². The second-order valence-electron chi connectivity index (χ2n) is 11.9. The molecule has 8 nitrogen and oxygen atoms in total. The number of hydrogen-bond donors (Lipinski definition) is 2. The number of nitrogens with one attached hydrogen (secondary N) is 2. The second kappa shape index (κ2) is 8.89. The molecule has 1 unspecified atom stereocenters. The fourth-order valence-electron chi connectivity index (χ4n) is 6.66. The third-order valence-electron chi connectivity index (χ3n) is 9.45. The van der Waals surface area contributed by atoms with Crippen LogP contribution in [0.15, 0.2) is 30.6 Å². The highest BCUT2D eigenvalue weighted by molar-refractivity contribution is 6.00. The largest absolute Gasteiger partial charge is 0.351 e. The van der Waals surface area contributed by atoms with E-state index in [1.807, 2.05) is 12.1 Å². The molecule has 8 heteroatoms. The summed E-state index contributed by atoms with van der Waals surface area (Å²) in [7, 11) is 1.75. The number of nitrogens with zero attached hydrogens (tertiary/aromatic N) is 4. The van der Waals surface area contributed by atoms with E-state index in [-0.39, 0.29) is 23.1 Å². The van der Waals surface area contributed by atoms with Crippen LogP contribution in [-0.2, 0) is 11.8 Å². The lowest BCUT2D eigenvalue weighted by Crippen LogP contribution is -2.54. The molecule has 0 aromatic carbocycles. The van der Waals surface area contributed by atoms with E-state index in [4.69, 9.17) is 4.98 Å². The van der Waals surface area contributed by atoms with Crippen LogP contribution in [0.1, 0.15) is 81.6 Å². The predicted octanol–water partition coefficient (Wildman–Crippen LogP) is 4.29. The van der Waals surface area contributed by atoms with Gasteiger partial charge in [-0.2, -0.15) is 5.10 Å². The molecule has 3 heterocycles. The molecule has 2 atom stereocenters. The minimum Gasteiger partial charge on any atom is -0.351 e. The summed E-state index contributed by atoms with van der Waals surface area (Å²) in [5, 5.41) is 10.3. The first-order chi connectivity index (χ1) is 17.4. The standard InChI is InChI=1S/C28H38N6O2/c1-27(12-13-27)23(19-6-5-7-19)24(32-25(35)21-10-16-30-33(21)2)26(36)31-20-8-9-22(29-18-20)34-17-4-3-11-28(34)14-15-28/h8-10,16,18-19,23-24H,3-7,11-15,17H2,1-2H3,(H,31,36)(H,32,35)/t23?,24-/m0/s1. The molecule has 1 saturated heterocycles. The van der Waals surface area contributed by atoms with Crippen molar-refractivity contribution in [1.29, 1.82) is 0 Å². The van der Waals surface area contributed by atoms with Crippen molar-refractivity contribution in [1.82, 2.24) is 20.1 Å². The summed E-state index contributed by atoms with van der Waals surface area (Å²) < 4.78 is 1.55. The van der Waals surface area contributed by atoms with Crippen LogP contribution in [0.2, 0.25) is 0 Å². The Bertz CT molecular complexity index is 1130. The molecule has 1 spiro atoms. The number of carbonyl (C=O) groups is 2. The number of rotatable bonds is 8. The van der Waals surface area contributed by atoms with Crippen LogP contribution in [0.3, 0.4) is 0 Å². The van der Waals surface area contributed by atoms with E-state index in [0.29, 0.717) is 22.8 Å². The molecule has 0 radical (unpaired) electrons. The Labute approximate surface area is 213 Å². The van der Waals surface area contributed by atoms with E-state index >= 15 is 0 Å².